The van der Waals surface area contributed by atoms with Gasteiger partial charge in [0.15, 0.2) is 0 Å². The highest BCUT2D eigenvalue weighted by molar-refractivity contribution is 7.07. The monoisotopic (exact) mass is 248 g/mol. The molecule has 1 heterocycles. The van der Waals surface area contributed by atoms with Crippen LogP contribution in [0, 0.1) is 0 Å². The Bertz CT molecular complexity index is 439. The second kappa shape index (κ2) is 5.80. The van der Waals surface area contributed by atoms with E-state index in [0.717, 1.165) is 18.0 Å². The van der Waals surface area contributed by atoms with Crippen molar-refractivity contribution >= 4 is 11.3 Å². The van der Waals surface area contributed by atoms with Crippen LogP contribution >= 0.6 is 11.3 Å². The fourth-order valence-corrected chi connectivity index (χ4v) is 2.15. The van der Waals surface area contributed by atoms with Crippen LogP contribution in [0.25, 0.3) is 0 Å². The van der Waals surface area contributed by atoms with E-state index in [0.29, 0.717) is 6.04 Å². The maximum Gasteiger partial charge on any atom is 0.118 e. The molecule has 0 fully saturated rings. The van der Waals surface area contributed by atoms with Crippen molar-refractivity contribution < 1.29 is 4.74 Å². The first-order valence-corrected chi connectivity index (χ1v) is 6.48. The largest absolute Gasteiger partial charge is 0.497 e. The van der Waals surface area contributed by atoms with E-state index in [1.807, 2.05) is 17.6 Å². The van der Waals surface area contributed by atoms with E-state index in [4.69, 9.17) is 4.74 Å². The van der Waals surface area contributed by atoms with Gasteiger partial charge in [-0.25, -0.2) is 4.98 Å². The molecule has 0 aliphatic heterocycles. The van der Waals surface area contributed by atoms with Gasteiger partial charge in [-0.1, -0.05) is 12.1 Å². The summed E-state index contributed by atoms with van der Waals surface area (Å²) in [5.41, 5.74) is 4.20. The maximum atomic E-state index is 5.14. The van der Waals surface area contributed by atoms with E-state index in [9.17, 15) is 0 Å². The van der Waals surface area contributed by atoms with Crippen LogP contribution in [0.2, 0.25) is 0 Å². The van der Waals surface area contributed by atoms with Crippen LogP contribution in [-0.2, 0) is 6.54 Å². The van der Waals surface area contributed by atoms with Crippen LogP contribution in [0.15, 0.2) is 35.2 Å². The van der Waals surface area contributed by atoms with E-state index in [1.54, 1.807) is 18.4 Å². The molecule has 0 amide bonds. The highest BCUT2D eigenvalue weighted by Crippen LogP contribution is 2.17. The van der Waals surface area contributed by atoms with Crippen molar-refractivity contribution in [2.75, 3.05) is 7.11 Å². The summed E-state index contributed by atoms with van der Waals surface area (Å²) in [5.74, 6) is 0.889. The molecule has 1 aromatic carbocycles. The van der Waals surface area contributed by atoms with Gasteiger partial charge in [-0.15, -0.1) is 11.3 Å². The molecular weight excluding hydrogens is 232 g/mol. The number of rotatable bonds is 5. The Labute approximate surface area is 105 Å². The third-order valence-electron chi connectivity index (χ3n) is 2.69. The first-order valence-electron chi connectivity index (χ1n) is 5.54. The average molecular weight is 248 g/mol. The molecule has 2 rings (SSSR count). The first kappa shape index (κ1) is 12.1. The van der Waals surface area contributed by atoms with Gasteiger partial charge in [0.1, 0.15) is 5.75 Å². The molecule has 0 saturated carbocycles. The highest BCUT2D eigenvalue weighted by Gasteiger charge is 2.05. The molecule has 1 aromatic heterocycles. The van der Waals surface area contributed by atoms with E-state index < -0.39 is 0 Å². The quantitative estimate of drug-likeness (QED) is 0.883. The Kier molecular flexibility index (Phi) is 4.12. The second-order valence-electron chi connectivity index (χ2n) is 3.86. The van der Waals surface area contributed by atoms with E-state index in [2.05, 4.69) is 34.7 Å². The summed E-state index contributed by atoms with van der Waals surface area (Å²) < 4.78 is 5.14. The van der Waals surface area contributed by atoms with Crippen LogP contribution in [0.1, 0.15) is 24.2 Å². The third-order valence-corrected chi connectivity index (χ3v) is 3.32. The molecule has 3 nitrogen and oxygen atoms in total. The van der Waals surface area contributed by atoms with Gasteiger partial charge in [-0.05, 0) is 24.6 Å². The lowest BCUT2D eigenvalue weighted by Crippen LogP contribution is -2.18. The molecule has 0 aliphatic carbocycles. The summed E-state index contributed by atoms with van der Waals surface area (Å²) >= 11 is 1.62. The summed E-state index contributed by atoms with van der Waals surface area (Å²) in [7, 11) is 1.68. The van der Waals surface area contributed by atoms with Crippen molar-refractivity contribution in [2.45, 2.75) is 19.5 Å². The Hall–Kier alpha value is -1.39. The Morgan fingerprint density at radius 1 is 1.35 bits per heavy atom. The summed E-state index contributed by atoms with van der Waals surface area (Å²) in [4.78, 5) is 4.25. The van der Waals surface area contributed by atoms with Gasteiger partial charge in [0.05, 0.1) is 18.3 Å². The summed E-state index contributed by atoms with van der Waals surface area (Å²) in [5, 5.41) is 5.51. The normalized spacial score (nSPS) is 12.4. The summed E-state index contributed by atoms with van der Waals surface area (Å²) in [6.07, 6.45) is 0. The summed E-state index contributed by atoms with van der Waals surface area (Å²) in [6, 6.07) is 8.43. The molecule has 0 saturated heterocycles. The standard InChI is InChI=1S/C13H16N2OS/c1-10(14-7-12-8-17-9-15-12)11-3-5-13(16-2)6-4-11/h3-6,8-10,14H,7H2,1-2H3/t10-/m1/s1. The van der Waals surface area contributed by atoms with Crippen molar-refractivity contribution in [3.05, 3.63) is 46.4 Å². The number of ether oxygens (including phenoxy) is 1. The molecule has 1 N–H and O–H groups in total. The number of hydrogen-bond acceptors (Lipinski definition) is 4. The van der Waals surface area contributed by atoms with Gasteiger partial charge in [0.25, 0.3) is 0 Å². The number of methoxy groups -OCH3 is 1. The molecular formula is C13H16N2OS. The molecule has 4 heteroatoms. The molecule has 17 heavy (non-hydrogen) atoms. The van der Waals surface area contributed by atoms with Crippen LogP contribution in [0.4, 0.5) is 0 Å². The molecule has 0 spiro atoms. The molecule has 1 atom stereocenters. The van der Waals surface area contributed by atoms with Crippen LogP contribution < -0.4 is 10.1 Å². The Morgan fingerprint density at radius 2 is 2.12 bits per heavy atom. The minimum atomic E-state index is 0.308. The summed E-state index contributed by atoms with van der Waals surface area (Å²) in [6.45, 7) is 2.95. The minimum absolute atomic E-state index is 0.308. The average Bonchev–Trinajstić information content (AvgIpc) is 2.89. The first-order chi connectivity index (χ1) is 8.29. The maximum absolute atomic E-state index is 5.14. The predicted molar refractivity (Wildman–Crippen MR) is 70.4 cm³/mol. The lowest BCUT2D eigenvalue weighted by atomic mass is 10.1. The predicted octanol–water partition coefficient (Wildman–Crippen LogP) is 3.00. The fraction of sp³-hybridized carbons (Fsp3) is 0.308. The Morgan fingerprint density at radius 3 is 2.71 bits per heavy atom. The molecule has 0 radical (unpaired) electrons. The highest BCUT2D eigenvalue weighted by atomic mass is 32.1. The van der Waals surface area contributed by atoms with E-state index in [1.165, 1.54) is 5.56 Å². The third kappa shape index (κ3) is 3.28. The lowest BCUT2D eigenvalue weighted by molar-refractivity contribution is 0.414. The zero-order chi connectivity index (χ0) is 12.1. The van der Waals surface area contributed by atoms with Crippen molar-refractivity contribution in [3.8, 4) is 5.75 Å². The number of nitrogens with one attached hydrogen (secondary N) is 1. The van der Waals surface area contributed by atoms with Gasteiger partial charge in [-0.3, -0.25) is 0 Å². The van der Waals surface area contributed by atoms with E-state index in [-0.39, 0.29) is 0 Å². The van der Waals surface area contributed by atoms with Crippen molar-refractivity contribution in [2.24, 2.45) is 0 Å². The van der Waals surface area contributed by atoms with Gasteiger partial charge in [-0.2, -0.15) is 0 Å². The molecule has 2 aromatic rings. The zero-order valence-corrected chi connectivity index (χ0v) is 10.8. The van der Waals surface area contributed by atoms with Gasteiger partial charge in [0, 0.05) is 18.0 Å². The second-order valence-corrected chi connectivity index (χ2v) is 4.57. The number of aromatic nitrogens is 1. The van der Waals surface area contributed by atoms with Crippen molar-refractivity contribution in [1.29, 1.82) is 0 Å². The molecule has 90 valence electrons. The van der Waals surface area contributed by atoms with Crippen LogP contribution in [-0.4, -0.2) is 12.1 Å². The molecule has 0 bridgehead atoms. The lowest BCUT2D eigenvalue weighted by Gasteiger charge is -2.13. The van der Waals surface area contributed by atoms with E-state index >= 15 is 0 Å². The Balaban J connectivity index is 1.92. The number of nitrogens with zero attached hydrogens (tertiary/aromatic N) is 1. The van der Waals surface area contributed by atoms with Crippen molar-refractivity contribution in [1.82, 2.24) is 10.3 Å². The van der Waals surface area contributed by atoms with Gasteiger partial charge >= 0.3 is 0 Å². The molecule has 0 unspecified atom stereocenters. The van der Waals surface area contributed by atoms with Crippen LogP contribution in [0.5, 0.6) is 5.75 Å². The number of thiazole rings is 1. The minimum Gasteiger partial charge on any atom is -0.497 e. The number of hydrogen-bond donors (Lipinski definition) is 1. The SMILES string of the molecule is COc1ccc([C@@H](C)NCc2cscn2)cc1. The fourth-order valence-electron chi connectivity index (χ4n) is 1.59. The molecule has 0 aliphatic rings. The zero-order valence-electron chi connectivity index (χ0n) is 10.0. The van der Waals surface area contributed by atoms with Gasteiger partial charge < -0.3 is 10.1 Å². The van der Waals surface area contributed by atoms with Crippen LogP contribution in [0.3, 0.4) is 0 Å². The smallest absolute Gasteiger partial charge is 0.118 e. The van der Waals surface area contributed by atoms with Gasteiger partial charge in [0.2, 0.25) is 0 Å². The number of benzene rings is 1. The van der Waals surface area contributed by atoms with Crippen molar-refractivity contribution in [3.63, 3.8) is 0 Å². The topological polar surface area (TPSA) is 34.1 Å².